The molecule has 0 aromatic rings. The van der Waals surface area contributed by atoms with Crippen molar-refractivity contribution in [3.63, 3.8) is 0 Å². The molecule has 0 aliphatic heterocycles. The van der Waals surface area contributed by atoms with Crippen molar-refractivity contribution in [3.8, 4) is 0 Å². The molecule has 2 fully saturated rings. The zero-order valence-electron chi connectivity index (χ0n) is 10.9. The largest absolute Gasteiger partial charge is 0.469 e. The Bertz CT molecular complexity index is 480. The molecule has 5 heteroatoms. The van der Waals surface area contributed by atoms with Crippen LogP contribution < -0.4 is 0 Å². The van der Waals surface area contributed by atoms with Gasteiger partial charge in [0.1, 0.15) is 0 Å². The normalized spacial score (nSPS) is 42.3. The summed E-state index contributed by atoms with van der Waals surface area (Å²) in [7, 11) is 2.64. The monoisotopic (exact) mass is 264 g/mol. The van der Waals surface area contributed by atoms with Gasteiger partial charge in [0.2, 0.25) is 0 Å². The Morgan fingerprint density at radius 3 is 2.26 bits per heavy atom. The number of methoxy groups -OCH3 is 2. The quantitative estimate of drug-likeness (QED) is 0.683. The molecule has 3 aliphatic carbocycles. The Labute approximate surface area is 110 Å². The van der Waals surface area contributed by atoms with Gasteiger partial charge >= 0.3 is 11.9 Å². The Morgan fingerprint density at radius 2 is 1.68 bits per heavy atom. The molecule has 6 unspecified atom stereocenters. The topological polar surface area (TPSA) is 69.7 Å². The van der Waals surface area contributed by atoms with Gasteiger partial charge in [0.15, 0.2) is 5.78 Å². The van der Waals surface area contributed by atoms with Crippen LogP contribution in [0.1, 0.15) is 6.42 Å². The summed E-state index contributed by atoms with van der Waals surface area (Å²) < 4.78 is 9.65. The van der Waals surface area contributed by atoms with Crippen molar-refractivity contribution in [2.24, 2.45) is 35.5 Å². The first-order valence-corrected chi connectivity index (χ1v) is 6.47. The number of ketones is 1. The maximum absolute atomic E-state index is 12.0. The van der Waals surface area contributed by atoms with Crippen LogP contribution in [0.4, 0.5) is 0 Å². The Hall–Kier alpha value is -1.65. The predicted octanol–water partition coefficient (Wildman–Crippen LogP) is 0.586. The van der Waals surface area contributed by atoms with Crippen LogP contribution >= 0.6 is 0 Å². The highest BCUT2D eigenvalue weighted by atomic mass is 16.5. The van der Waals surface area contributed by atoms with Gasteiger partial charge in [0.05, 0.1) is 26.1 Å². The number of fused-ring (bicyclic) bond motifs is 5. The second-order valence-corrected chi connectivity index (χ2v) is 5.53. The van der Waals surface area contributed by atoms with Gasteiger partial charge in [-0.25, -0.2) is 0 Å². The highest BCUT2D eigenvalue weighted by molar-refractivity contribution is 5.97. The van der Waals surface area contributed by atoms with E-state index in [0.29, 0.717) is 0 Å². The van der Waals surface area contributed by atoms with Crippen LogP contribution in [0, 0.1) is 35.5 Å². The number of carbonyl (C=O) groups excluding carboxylic acids is 3. The zero-order valence-corrected chi connectivity index (χ0v) is 10.9. The Balaban J connectivity index is 1.97. The van der Waals surface area contributed by atoms with Crippen molar-refractivity contribution < 1.29 is 23.9 Å². The van der Waals surface area contributed by atoms with E-state index in [2.05, 4.69) is 0 Å². The average Bonchev–Trinajstić information content (AvgIpc) is 3.07. The summed E-state index contributed by atoms with van der Waals surface area (Å²) in [6.45, 7) is 0. The van der Waals surface area contributed by atoms with Gasteiger partial charge in [-0.05, 0) is 30.3 Å². The van der Waals surface area contributed by atoms with E-state index in [0.717, 1.165) is 6.42 Å². The van der Waals surface area contributed by atoms with Gasteiger partial charge in [0.25, 0.3) is 0 Å². The van der Waals surface area contributed by atoms with E-state index in [1.165, 1.54) is 14.2 Å². The summed E-state index contributed by atoms with van der Waals surface area (Å²) in [5, 5.41) is 0. The van der Waals surface area contributed by atoms with E-state index in [9.17, 15) is 14.4 Å². The molecule has 2 bridgehead atoms. The molecule has 0 radical (unpaired) electrons. The summed E-state index contributed by atoms with van der Waals surface area (Å²) in [6, 6.07) is 0. The molecule has 19 heavy (non-hydrogen) atoms. The fraction of sp³-hybridized carbons (Fsp3) is 0.643. The second-order valence-electron chi connectivity index (χ2n) is 5.53. The summed E-state index contributed by atoms with van der Waals surface area (Å²) in [5.74, 6) is -1.82. The first kappa shape index (κ1) is 12.4. The van der Waals surface area contributed by atoms with Crippen molar-refractivity contribution in [3.05, 3.63) is 12.2 Å². The number of carbonyl (C=O) groups is 3. The standard InChI is InChI=1S/C14H16O5/c1-18-13(16)11-7-5-8(12(11)14(17)19-2)10-6(7)3-4-9(10)15/h3-4,6-8,10-12H,5H2,1-2H3. The third-order valence-corrected chi connectivity index (χ3v) is 4.98. The van der Waals surface area contributed by atoms with Crippen molar-refractivity contribution in [1.82, 2.24) is 0 Å². The van der Waals surface area contributed by atoms with Crippen molar-refractivity contribution in [1.29, 1.82) is 0 Å². The number of esters is 2. The average molecular weight is 264 g/mol. The molecule has 0 spiro atoms. The molecule has 0 amide bonds. The van der Waals surface area contributed by atoms with Gasteiger partial charge in [-0.3, -0.25) is 14.4 Å². The van der Waals surface area contributed by atoms with Crippen LogP contribution in [0.25, 0.3) is 0 Å². The molecule has 3 rings (SSSR count). The van der Waals surface area contributed by atoms with Crippen molar-refractivity contribution in [2.45, 2.75) is 6.42 Å². The minimum Gasteiger partial charge on any atom is -0.469 e. The first-order valence-electron chi connectivity index (χ1n) is 6.47. The van der Waals surface area contributed by atoms with E-state index in [1.807, 2.05) is 6.08 Å². The molecule has 0 saturated heterocycles. The minimum absolute atomic E-state index is 0.0225. The molecule has 0 aromatic carbocycles. The highest BCUT2D eigenvalue weighted by Crippen LogP contribution is 2.61. The van der Waals surface area contributed by atoms with Crippen LogP contribution in [0.5, 0.6) is 0 Å². The highest BCUT2D eigenvalue weighted by Gasteiger charge is 2.64. The molecule has 2 saturated carbocycles. The van der Waals surface area contributed by atoms with Crippen molar-refractivity contribution in [2.75, 3.05) is 14.2 Å². The number of rotatable bonds is 2. The number of allylic oxidation sites excluding steroid dienone is 2. The lowest BCUT2D eigenvalue weighted by Crippen LogP contribution is -2.43. The van der Waals surface area contributed by atoms with E-state index < -0.39 is 17.8 Å². The molecule has 102 valence electrons. The SMILES string of the molecule is COC(=O)C1C2CC(C3C(=O)C=CC23)C1C(=O)OC. The summed E-state index contributed by atoms with van der Waals surface area (Å²) in [5.41, 5.74) is 0. The molecule has 6 atom stereocenters. The Kier molecular flexibility index (Phi) is 2.73. The van der Waals surface area contributed by atoms with Crippen LogP contribution in [0.3, 0.4) is 0 Å². The van der Waals surface area contributed by atoms with Crippen LogP contribution in [-0.4, -0.2) is 31.9 Å². The smallest absolute Gasteiger partial charge is 0.309 e. The van der Waals surface area contributed by atoms with Crippen LogP contribution in [-0.2, 0) is 23.9 Å². The molecular formula is C14H16O5. The zero-order chi connectivity index (χ0) is 13.7. The maximum Gasteiger partial charge on any atom is 0.309 e. The summed E-state index contributed by atoms with van der Waals surface area (Å²) in [6.07, 6.45) is 4.20. The van der Waals surface area contributed by atoms with Crippen LogP contribution in [0.2, 0.25) is 0 Å². The minimum atomic E-state index is -0.535. The molecular weight excluding hydrogens is 248 g/mol. The fourth-order valence-corrected chi connectivity index (χ4v) is 4.35. The fourth-order valence-electron chi connectivity index (χ4n) is 4.35. The number of hydrogen-bond donors (Lipinski definition) is 0. The molecule has 5 nitrogen and oxygen atoms in total. The van der Waals surface area contributed by atoms with E-state index in [4.69, 9.17) is 9.47 Å². The van der Waals surface area contributed by atoms with Gasteiger partial charge in [-0.2, -0.15) is 0 Å². The van der Waals surface area contributed by atoms with Gasteiger partial charge < -0.3 is 9.47 Å². The molecule has 3 aliphatic rings. The second kappa shape index (κ2) is 4.18. The van der Waals surface area contributed by atoms with E-state index in [-0.39, 0.29) is 35.4 Å². The first-order chi connectivity index (χ1) is 9.10. The molecule has 0 N–H and O–H groups in total. The van der Waals surface area contributed by atoms with E-state index >= 15 is 0 Å². The van der Waals surface area contributed by atoms with Crippen molar-refractivity contribution >= 4 is 17.7 Å². The van der Waals surface area contributed by atoms with Gasteiger partial charge in [-0.1, -0.05) is 6.08 Å². The molecule has 0 heterocycles. The number of hydrogen-bond acceptors (Lipinski definition) is 5. The lowest BCUT2D eigenvalue weighted by molar-refractivity contribution is -0.162. The van der Waals surface area contributed by atoms with Gasteiger partial charge in [-0.15, -0.1) is 0 Å². The summed E-state index contributed by atoms with van der Waals surface area (Å²) >= 11 is 0. The summed E-state index contributed by atoms with van der Waals surface area (Å²) in [4.78, 5) is 35.8. The third-order valence-electron chi connectivity index (χ3n) is 4.98. The van der Waals surface area contributed by atoms with E-state index in [1.54, 1.807) is 6.08 Å². The predicted molar refractivity (Wildman–Crippen MR) is 63.7 cm³/mol. The third kappa shape index (κ3) is 1.50. The van der Waals surface area contributed by atoms with Crippen LogP contribution in [0.15, 0.2) is 12.2 Å². The lowest BCUT2D eigenvalue weighted by atomic mass is 9.69. The molecule has 0 aromatic heterocycles. The maximum atomic E-state index is 12.0. The number of ether oxygens (including phenoxy) is 2. The van der Waals surface area contributed by atoms with Gasteiger partial charge in [0, 0.05) is 5.92 Å². The lowest BCUT2D eigenvalue weighted by Gasteiger charge is -2.34. The Morgan fingerprint density at radius 1 is 1.11 bits per heavy atom.